The second-order valence-electron chi connectivity index (χ2n) is 5.24. The van der Waals surface area contributed by atoms with Crippen LogP contribution < -0.4 is 0 Å². The molecule has 1 saturated carbocycles. The standard InChI is InChI=1S/C17H14Cl2O/c18-15-8-14(9-16(19)10-15)17(20)13-6-2-5-12(7-13)11-3-1-4-11/h2,5-11H,1,3-4H2. The maximum atomic E-state index is 12.5. The summed E-state index contributed by atoms with van der Waals surface area (Å²) < 4.78 is 0. The SMILES string of the molecule is O=C(c1cc(Cl)cc(Cl)c1)c1cccc(C2CCC2)c1. The molecule has 0 heterocycles. The summed E-state index contributed by atoms with van der Waals surface area (Å²) in [5.41, 5.74) is 2.50. The Morgan fingerprint density at radius 3 is 2.25 bits per heavy atom. The summed E-state index contributed by atoms with van der Waals surface area (Å²) in [6.07, 6.45) is 3.73. The van der Waals surface area contributed by atoms with E-state index in [1.165, 1.54) is 24.8 Å². The molecule has 0 aliphatic heterocycles. The molecule has 3 heteroatoms. The third-order valence-corrected chi connectivity index (χ3v) is 4.29. The van der Waals surface area contributed by atoms with Crippen molar-refractivity contribution in [3.8, 4) is 0 Å². The molecule has 0 saturated heterocycles. The van der Waals surface area contributed by atoms with E-state index in [0.717, 1.165) is 0 Å². The monoisotopic (exact) mass is 304 g/mol. The number of hydrogen-bond donors (Lipinski definition) is 0. The molecule has 3 rings (SSSR count). The van der Waals surface area contributed by atoms with Crippen molar-refractivity contribution in [3.63, 3.8) is 0 Å². The maximum Gasteiger partial charge on any atom is 0.193 e. The molecule has 0 spiro atoms. The van der Waals surface area contributed by atoms with Gasteiger partial charge in [-0.2, -0.15) is 0 Å². The van der Waals surface area contributed by atoms with Crippen LogP contribution in [0.1, 0.15) is 46.7 Å². The molecule has 0 aromatic heterocycles. The lowest BCUT2D eigenvalue weighted by Gasteiger charge is -2.26. The fourth-order valence-corrected chi connectivity index (χ4v) is 3.05. The number of halogens is 2. The average molecular weight is 305 g/mol. The highest BCUT2D eigenvalue weighted by atomic mass is 35.5. The van der Waals surface area contributed by atoms with Gasteiger partial charge in [-0.05, 0) is 48.6 Å². The van der Waals surface area contributed by atoms with Crippen LogP contribution in [0.4, 0.5) is 0 Å². The molecule has 1 nitrogen and oxygen atoms in total. The van der Waals surface area contributed by atoms with Crippen LogP contribution in [0, 0.1) is 0 Å². The van der Waals surface area contributed by atoms with Gasteiger partial charge in [0.15, 0.2) is 5.78 Å². The highest BCUT2D eigenvalue weighted by molar-refractivity contribution is 6.35. The maximum absolute atomic E-state index is 12.5. The summed E-state index contributed by atoms with van der Waals surface area (Å²) in [5.74, 6) is 0.585. The minimum absolute atomic E-state index is 0.0319. The van der Waals surface area contributed by atoms with E-state index in [2.05, 4.69) is 6.07 Å². The first-order valence-corrected chi connectivity index (χ1v) is 7.50. The molecule has 0 unspecified atom stereocenters. The lowest BCUT2D eigenvalue weighted by Crippen LogP contribution is -2.10. The zero-order chi connectivity index (χ0) is 14.1. The molecule has 1 aliphatic carbocycles. The lowest BCUT2D eigenvalue weighted by molar-refractivity contribution is 0.103. The number of carbonyl (C=O) groups is 1. The van der Waals surface area contributed by atoms with Crippen LogP contribution in [-0.4, -0.2) is 5.78 Å². The van der Waals surface area contributed by atoms with Crippen LogP contribution in [0.25, 0.3) is 0 Å². The molecule has 102 valence electrons. The van der Waals surface area contributed by atoms with Gasteiger partial charge in [0.1, 0.15) is 0 Å². The molecule has 1 fully saturated rings. The highest BCUT2D eigenvalue weighted by Gasteiger charge is 2.20. The Hall–Kier alpha value is -1.31. The molecule has 20 heavy (non-hydrogen) atoms. The quantitative estimate of drug-likeness (QED) is 0.685. The molecule has 0 N–H and O–H groups in total. The van der Waals surface area contributed by atoms with Gasteiger partial charge in [0.25, 0.3) is 0 Å². The van der Waals surface area contributed by atoms with E-state index >= 15 is 0 Å². The fraction of sp³-hybridized carbons (Fsp3) is 0.235. The topological polar surface area (TPSA) is 17.1 Å². The minimum atomic E-state index is -0.0319. The number of ketones is 1. The van der Waals surface area contributed by atoms with Gasteiger partial charge in [0, 0.05) is 21.2 Å². The van der Waals surface area contributed by atoms with Gasteiger partial charge in [-0.1, -0.05) is 47.8 Å². The van der Waals surface area contributed by atoms with Gasteiger partial charge in [0.05, 0.1) is 0 Å². The summed E-state index contributed by atoms with van der Waals surface area (Å²) in [6.45, 7) is 0. The van der Waals surface area contributed by atoms with E-state index in [-0.39, 0.29) is 5.78 Å². The van der Waals surface area contributed by atoms with Crippen LogP contribution >= 0.6 is 23.2 Å². The van der Waals surface area contributed by atoms with Crippen molar-refractivity contribution in [3.05, 3.63) is 69.2 Å². The predicted octanol–water partition coefficient (Wildman–Crippen LogP) is 5.49. The third-order valence-electron chi connectivity index (χ3n) is 3.85. The van der Waals surface area contributed by atoms with Crippen molar-refractivity contribution in [2.75, 3.05) is 0 Å². The molecule has 0 amide bonds. The Kier molecular flexibility index (Phi) is 3.82. The second-order valence-corrected chi connectivity index (χ2v) is 6.11. The molecular formula is C17H14Cl2O. The van der Waals surface area contributed by atoms with Crippen molar-refractivity contribution in [1.29, 1.82) is 0 Å². The Bertz CT molecular complexity index is 640. The van der Waals surface area contributed by atoms with Crippen molar-refractivity contribution in [1.82, 2.24) is 0 Å². The first-order chi connectivity index (χ1) is 9.63. The third kappa shape index (κ3) is 2.74. The normalized spacial score (nSPS) is 14.9. The van der Waals surface area contributed by atoms with E-state index in [1.54, 1.807) is 18.2 Å². The molecular weight excluding hydrogens is 291 g/mol. The summed E-state index contributed by atoms with van der Waals surface area (Å²) in [7, 11) is 0. The first-order valence-electron chi connectivity index (χ1n) is 6.74. The van der Waals surface area contributed by atoms with Crippen molar-refractivity contribution < 1.29 is 4.79 Å². The summed E-state index contributed by atoms with van der Waals surface area (Å²) in [6, 6.07) is 12.8. The van der Waals surface area contributed by atoms with Crippen molar-refractivity contribution in [2.45, 2.75) is 25.2 Å². The smallest absolute Gasteiger partial charge is 0.193 e. The van der Waals surface area contributed by atoms with Gasteiger partial charge in [-0.3, -0.25) is 4.79 Å². The molecule has 0 bridgehead atoms. The van der Waals surface area contributed by atoms with Crippen molar-refractivity contribution in [2.24, 2.45) is 0 Å². The van der Waals surface area contributed by atoms with Gasteiger partial charge in [-0.25, -0.2) is 0 Å². The zero-order valence-corrected chi connectivity index (χ0v) is 12.4. The van der Waals surface area contributed by atoms with Gasteiger partial charge >= 0.3 is 0 Å². The van der Waals surface area contributed by atoms with Crippen molar-refractivity contribution >= 4 is 29.0 Å². The molecule has 2 aromatic carbocycles. The molecule has 0 radical (unpaired) electrons. The second kappa shape index (κ2) is 5.59. The number of carbonyl (C=O) groups excluding carboxylic acids is 1. The van der Waals surface area contributed by atoms with Crippen LogP contribution in [0.3, 0.4) is 0 Å². The van der Waals surface area contributed by atoms with Crippen LogP contribution in [0.5, 0.6) is 0 Å². The predicted molar refractivity (Wildman–Crippen MR) is 82.9 cm³/mol. The van der Waals surface area contributed by atoms with Gasteiger partial charge < -0.3 is 0 Å². The average Bonchev–Trinajstić information content (AvgIpc) is 2.35. The van der Waals surface area contributed by atoms with E-state index < -0.39 is 0 Å². The Labute approximate surface area is 128 Å². The number of benzene rings is 2. The van der Waals surface area contributed by atoms with Crippen LogP contribution in [-0.2, 0) is 0 Å². The lowest BCUT2D eigenvalue weighted by atomic mass is 9.79. The molecule has 2 aromatic rings. The highest BCUT2D eigenvalue weighted by Crippen LogP contribution is 2.36. The van der Waals surface area contributed by atoms with E-state index in [0.29, 0.717) is 27.1 Å². The Balaban J connectivity index is 1.93. The minimum Gasteiger partial charge on any atom is -0.289 e. The number of rotatable bonds is 3. The van der Waals surface area contributed by atoms with E-state index in [4.69, 9.17) is 23.2 Å². The van der Waals surface area contributed by atoms with Gasteiger partial charge in [0.2, 0.25) is 0 Å². The van der Waals surface area contributed by atoms with Crippen LogP contribution in [0.2, 0.25) is 10.0 Å². The zero-order valence-electron chi connectivity index (χ0n) is 10.9. The Morgan fingerprint density at radius 1 is 0.950 bits per heavy atom. The molecule has 1 aliphatic rings. The largest absolute Gasteiger partial charge is 0.289 e. The Morgan fingerprint density at radius 2 is 1.65 bits per heavy atom. The number of hydrogen-bond acceptors (Lipinski definition) is 1. The van der Waals surface area contributed by atoms with E-state index in [9.17, 15) is 4.79 Å². The summed E-state index contributed by atoms with van der Waals surface area (Å²) in [5, 5.41) is 0.965. The summed E-state index contributed by atoms with van der Waals surface area (Å²) >= 11 is 11.9. The first kappa shape index (κ1) is 13.7. The summed E-state index contributed by atoms with van der Waals surface area (Å²) in [4.78, 5) is 12.5. The fourth-order valence-electron chi connectivity index (χ4n) is 2.53. The van der Waals surface area contributed by atoms with Gasteiger partial charge in [-0.15, -0.1) is 0 Å². The van der Waals surface area contributed by atoms with E-state index in [1.807, 2.05) is 18.2 Å². The van der Waals surface area contributed by atoms with Crippen LogP contribution in [0.15, 0.2) is 42.5 Å². The molecule has 0 atom stereocenters.